The third-order valence-electron chi connectivity index (χ3n) is 5.91. The lowest BCUT2D eigenvalue weighted by atomic mass is 9.80. The zero-order valence-electron chi connectivity index (χ0n) is 14.1. The molecule has 2 saturated carbocycles. The minimum atomic E-state index is -1.77. The molecule has 3 fully saturated rings. The summed E-state index contributed by atoms with van der Waals surface area (Å²) in [6, 6.07) is -0.137. The lowest BCUT2D eigenvalue weighted by Gasteiger charge is -2.46. The summed E-state index contributed by atoms with van der Waals surface area (Å²) in [6.07, 6.45) is 4.86. The van der Waals surface area contributed by atoms with Crippen LogP contribution in [0.2, 0.25) is 0 Å². The van der Waals surface area contributed by atoms with Gasteiger partial charge in [-0.05, 0) is 50.9 Å². The van der Waals surface area contributed by atoms with Crippen molar-refractivity contribution in [3.8, 4) is 0 Å². The molecule has 3 rings (SSSR count). The fourth-order valence-electron chi connectivity index (χ4n) is 4.45. The van der Waals surface area contributed by atoms with Gasteiger partial charge >= 0.3 is 0 Å². The molecule has 4 atom stereocenters. The molecule has 1 heterocycles. The Morgan fingerprint density at radius 2 is 1.96 bits per heavy atom. The summed E-state index contributed by atoms with van der Waals surface area (Å²) < 4.78 is 26.1. The number of hydrogen-bond donors (Lipinski definition) is 3. The highest BCUT2D eigenvalue weighted by Crippen LogP contribution is 2.35. The van der Waals surface area contributed by atoms with Gasteiger partial charge in [0.2, 0.25) is 11.8 Å². The zero-order chi connectivity index (χ0) is 18.0. The SMILES string of the molecule is O=C(NO)C1CCC2OCC(=O)N(CC3CCC(S(=O)O)CC3)C2C1. The van der Waals surface area contributed by atoms with Crippen LogP contribution in [0.5, 0.6) is 0 Å². The molecular weight excluding hydrogens is 348 g/mol. The van der Waals surface area contributed by atoms with Crippen molar-refractivity contribution in [2.45, 2.75) is 62.3 Å². The van der Waals surface area contributed by atoms with E-state index in [1.807, 2.05) is 4.90 Å². The van der Waals surface area contributed by atoms with Crippen molar-refractivity contribution in [3.63, 3.8) is 0 Å². The topological polar surface area (TPSA) is 116 Å². The van der Waals surface area contributed by atoms with Crippen LogP contribution in [0, 0.1) is 11.8 Å². The van der Waals surface area contributed by atoms with Crippen LogP contribution in [0.15, 0.2) is 0 Å². The second-order valence-corrected chi connectivity index (χ2v) is 8.59. The van der Waals surface area contributed by atoms with Gasteiger partial charge in [-0.1, -0.05) is 0 Å². The summed E-state index contributed by atoms with van der Waals surface area (Å²) >= 11 is -1.77. The van der Waals surface area contributed by atoms with Crippen LogP contribution in [0.1, 0.15) is 44.9 Å². The van der Waals surface area contributed by atoms with Gasteiger partial charge < -0.3 is 14.2 Å². The number of hydrogen-bond acceptors (Lipinski definition) is 5. The number of amides is 2. The molecule has 2 amide bonds. The number of nitrogens with one attached hydrogen (secondary N) is 1. The summed E-state index contributed by atoms with van der Waals surface area (Å²) in [5, 5.41) is 8.72. The van der Waals surface area contributed by atoms with E-state index in [4.69, 9.17) is 9.94 Å². The number of hydroxylamine groups is 1. The van der Waals surface area contributed by atoms with Crippen molar-refractivity contribution >= 4 is 22.9 Å². The number of carbonyl (C=O) groups is 2. The number of rotatable bonds is 4. The Morgan fingerprint density at radius 1 is 1.24 bits per heavy atom. The van der Waals surface area contributed by atoms with Gasteiger partial charge in [0.1, 0.15) is 6.61 Å². The average Bonchev–Trinajstić information content (AvgIpc) is 2.63. The highest BCUT2D eigenvalue weighted by atomic mass is 32.2. The van der Waals surface area contributed by atoms with E-state index in [9.17, 15) is 18.4 Å². The Balaban J connectivity index is 1.63. The van der Waals surface area contributed by atoms with Gasteiger partial charge in [0.15, 0.2) is 11.1 Å². The monoisotopic (exact) mass is 374 g/mol. The Bertz CT molecular complexity index is 537. The second-order valence-electron chi connectivity index (χ2n) is 7.37. The molecule has 0 aromatic carbocycles. The maximum Gasteiger partial charge on any atom is 0.248 e. The van der Waals surface area contributed by atoms with Gasteiger partial charge in [0.05, 0.1) is 17.4 Å². The lowest BCUT2D eigenvalue weighted by molar-refractivity contribution is -0.166. The van der Waals surface area contributed by atoms with Gasteiger partial charge in [-0.15, -0.1) is 0 Å². The maximum atomic E-state index is 12.4. The van der Waals surface area contributed by atoms with Gasteiger partial charge in [-0.2, -0.15) is 0 Å². The van der Waals surface area contributed by atoms with E-state index in [2.05, 4.69) is 0 Å². The number of nitrogens with zero attached hydrogens (tertiary/aromatic N) is 1. The molecule has 0 bridgehead atoms. The quantitative estimate of drug-likeness (QED) is 0.378. The molecule has 9 heteroatoms. The molecule has 3 N–H and O–H groups in total. The lowest BCUT2D eigenvalue weighted by Crippen LogP contribution is -2.58. The predicted octanol–water partition coefficient (Wildman–Crippen LogP) is 0.668. The largest absolute Gasteiger partial charge is 0.366 e. The van der Waals surface area contributed by atoms with Crippen molar-refractivity contribution in [2.24, 2.45) is 11.8 Å². The highest BCUT2D eigenvalue weighted by molar-refractivity contribution is 7.79. The van der Waals surface area contributed by atoms with Crippen LogP contribution in [-0.2, 0) is 25.4 Å². The van der Waals surface area contributed by atoms with E-state index in [1.165, 1.54) is 0 Å². The van der Waals surface area contributed by atoms with Gasteiger partial charge in [-0.3, -0.25) is 14.8 Å². The molecule has 0 spiro atoms. The van der Waals surface area contributed by atoms with Gasteiger partial charge in [0.25, 0.3) is 0 Å². The summed E-state index contributed by atoms with van der Waals surface area (Å²) in [6.45, 7) is 0.690. The predicted molar refractivity (Wildman–Crippen MR) is 89.0 cm³/mol. The van der Waals surface area contributed by atoms with E-state index in [0.29, 0.717) is 44.6 Å². The molecule has 8 nitrogen and oxygen atoms in total. The van der Waals surface area contributed by atoms with Crippen LogP contribution in [-0.4, -0.2) is 61.2 Å². The highest BCUT2D eigenvalue weighted by Gasteiger charge is 2.43. The standard InChI is InChI=1S/C16H26N2O6S/c19-15-9-24-14-6-3-11(16(20)17-21)7-13(14)18(15)8-10-1-4-12(5-2-10)25(22)23/h10-14,21H,1-9H2,(H,17,20)(H,22,23). The normalized spacial score (nSPS) is 37.3. The number of ether oxygens (including phenoxy) is 1. The molecule has 1 saturated heterocycles. The molecular formula is C16H26N2O6S. The third-order valence-corrected chi connectivity index (χ3v) is 6.95. The Kier molecular flexibility index (Phi) is 6.08. The number of morpholine rings is 1. The van der Waals surface area contributed by atoms with E-state index < -0.39 is 17.0 Å². The zero-order valence-corrected chi connectivity index (χ0v) is 15.0. The fourth-order valence-corrected chi connectivity index (χ4v) is 5.12. The first kappa shape index (κ1) is 18.8. The first-order valence-electron chi connectivity index (χ1n) is 8.94. The smallest absolute Gasteiger partial charge is 0.248 e. The molecule has 0 aromatic rings. The van der Waals surface area contributed by atoms with Crippen molar-refractivity contribution in [1.82, 2.24) is 10.4 Å². The Hall–Kier alpha value is -1.03. The van der Waals surface area contributed by atoms with Crippen molar-refractivity contribution in [2.75, 3.05) is 13.2 Å². The minimum Gasteiger partial charge on any atom is -0.366 e. The third kappa shape index (κ3) is 4.21. The summed E-state index contributed by atoms with van der Waals surface area (Å²) in [7, 11) is 0. The first-order valence-corrected chi connectivity index (χ1v) is 10.1. The Morgan fingerprint density at radius 3 is 2.60 bits per heavy atom. The van der Waals surface area contributed by atoms with E-state index in [-0.39, 0.29) is 35.8 Å². The minimum absolute atomic E-state index is 0.0540. The van der Waals surface area contributed by atoms with Crippen LogP contribution in [0.4, 0.5) is 0 Å². The first-order chi connectivity index (χ1) is 12.0. The summed E-state index contributed by atoms with van der Waals surface area (Å²) in [4.78, 5) is 26.0. The second kappa shape index (κ2) is 8.11. The maximum absolute atomic E-state index is 12.4. The number of fused-ring (bicyclic) bond motifs is 1. The summed E-state index contributed by atoms with van der Waals surface area (Å²) in [5.41, 5.74) is 1.72. The van der Waals surface area contributed by atoms with Crippen LogP contribution in [0.25, 0.3) is 0 Å². The van der Waals surface area contributed by atoms with Crippen molar-refractivity contribution < 1.29 is 28.3 Å². The van der Waals surface area contributed by atoms with Crippen molar-refractivity contribution in [3.05, 3.63) is 0 Å². The fraction of sp³-hybridized carbons (Fsp3) is 0.875. The Labute approximate surface area is 149 Å². The van der Waals surface area contributed by atoms with E-state index in [0.717, 1.165) is 12.8 Å². The van der Waals surface area contributed by atoms with Crippen molar-refractivity contribution in [1.29, 1.82) is 0 Å². The van der Waals surface area contributed by atoms with Gasteiger partial charge in [-0.25, -0.2) is 9.69 Å². The van der Waals surface area contributed by atoms with Gasteiger partial charge in [0, 0.05) is 12.5 Å². The van der Waals surface area contributed by atoms with Crippen LogP contribution < -0.4 is 5.48 Å². The van der Waals surface area contributed by atoms with E-state index in [1.54, 1.807) is 5.48 Å². The molecule has 3 aliphatic rings. The molecule has 1 aliphatic heterocycles. The number of carbonyl (C=O) groups excluding carboxylic acids is 2. The van der Waals surface area contributed by atoms with Crippen LogP contribution >= 0.6 is 0 Å². The molecule has 4 unspecified atom stereocenters. The molecule has 2 aliphatic carbocycles. The molecule has 25 heavy (non-hydrogen) atoms. The average molecular weight is 374 g/mol. The molecule has 0 aromatic heterocycles. The summed E-state index contributed by atoms with van der Waals surface area (Å²) in [5.74, 6) is -0.452. The van der Waals surface area contributed by atoms with E-state index >= 15 is 0 Å². The van der Waals surface area contributed by atoms with Crippen LogP contribution in [0.3, 0.4) is 0 Å². The molecule has 142 valence electrons. The molecule has 0 radical (unpaired) electrons.